The summed E-state index contributed by atoms with van der Waals surface area (Å²) in [5, 5.41) is 11.8. The van der Waals surface area contributed by atoms with E-state index in [2.05, 4.69) is 10.0 Å². The highest BCUT2D eigenvalue weighted by molar-refractivity contribution is 7.89. The third-order valence-electron chi connectivity index (χ3n) is 2.32. The summed E-state index contributed by atoms with van der Waals surface area (Å²) in [4.78, 5) is -0.0160. The van der Waals surface area contributed by atoms with Crippen LogP contribution in [0.3, 0.4) is 0 Å². The lowest BCUT2D eigenvalue weighted by Gasteiger charge is -2.10. The Morgan fingerprint density at radius 2 is 2.05 bits per heavy atom. The zero-order valence-corrected chi connectivity index (χ0v) is 12.3. The molecule has 0 spiro atoms. The van der Waals surface area contributed by atoms with E-state index >= 15 is 0 Å². The summed E-state index contributed by atoms with van der Waals surface area (Å²) in [5.74, 6) is 0. The minimum Gasteiger partial charge on any atom is -0.313 e. The van der Waals surface area contributed by atoms with Crippen LogP contribution < -0.4 is 10.0 Å². The van der Waals surface area contributed by atoms with E-state index < -0.39 is 10.0 Å². The third kappa shape index (κ3) is 4.80. The maximum atomic E-state index is 12.0. The number of hydrogen-bond donors (Lipinski definition) is 2. The zero-order chi connectivity index (χ0) is 14.5. The van der Waals surface area contributed by atoms with Crippen molar-refractivity contribution >= 4 is 21.6 Å². The Hall–Kier alpha value is -1.13. The molecular weight excluding hydrogens is 286 g/mol. The van der Waals surface area contributed by atoms with Crippen LogP contribution >= 0.6 is 11.6 Å². The molecule has 0 fully saturated rings. The van der Waals surface area contributed by atoms with Crippen LogP contribution in [0, 0.1) is 11.3 Å². The number of nitriles is 1. The number of halogens is 1. The summed E-state index contributed by atoms with van der Waals surface area (Å²) < 4.78 is 26.4. The van der Waals surface area contributed by atoms with E-state index in [9.17, 15) is 8.42 Å². The lowest BCUT2D eigenvalue weighted by Crippen LogP contribution is -2.34. The molecule has 2 N–H and O–H groups in total. The first-order valence-corrected chi connectivity index (χ1v) is 7.65. The van der Waals surface area contributed by atoms with Crippen molar-refractivity contribution in [1.29, 1.82) is 5.26 Å². The van der Waals surface area contributed by atoms with Crippen LogP contribution in [0.15, 0.2) is 23.1 Å². The van der Waals surface area contributed by atoms with Gasteiger partial charge in [0.15, 0.2) is 0 Å². The number of rotatable bonds is 6. The SMILES string of the molecule is CC(C)NCCNS(=O)(=O)c1ccc(C#N)cc1Cl. The lowest BCUT2D eigenvalue weighted by atomic mass is 10.2. The summed E-state index contributed by atoms with van der Waals surface area (Å²) in [6.07, 6.45) is 0. The lowest BCUT2D eigenvalue weighted by molar-refractivity contribution is 0.559. The molecule has 5 nitrogen and oxygen atoms in total. The topological polar surface area (TPSA) is 82.0 Å². The van der Waals surface area contributed by atoms with Crippen molar-refractivity contribution in [2.75, 3.05) is 13.1 Å². The zero-order valence-electron chi connectivity index (χ0n) is 10.8. The number of sulfonamides is 1. The summed E-state index contributed by atoms with van der Waals surface area (Å²) in [6, 6.07) is 6.29. The molecule has 0 aliphatic heterocycles. The van der Waals surface area contributed by atoms with Crippen LogP contribution in [-0.2, 0) is 10.0 Å². The van der Waals surface area contributed by atoms with Crippen molar-refractivity contribution in [3.8, 4) is 6.07 Å². The average molecular weight is 302 g/mol. The molecule has 104 valence electrons. The molecule has 0 unspecified atom stereocenters. The van der Waals surface area contributed by atoms with Crippen molar-refractivity contribution in [3.05, 3.63) is 28.8 Å². The second-order valence-electron chi connectivity index (χ2n) is 4.26. The maximum absolute atomic E-state index is 12.0. The van der Waals surface area contributed by atoms with Gasteiger partial charge in [0.25, 0.3) is 0 Å². The first-order chi connectivity index (χ1) is 8.86. The van der Waals surface area contributed by atoms with Gasteiger partial charge in [-0.25, -0.2) is 13.1 Å². The monoisotopic (exact) mass is 301 g/mol. The van der Waals surface area contributed by atoms with Crippen LogP contribution in [-0.4, -0.2) is 27.5 Å². The molecule has 0 saturated heterocycles. The summed E-state index contributed by atoms with van der Waals surface area (Å²) in [5.41, 5.74) is 0.324. The normalized spacial score (nSPS) is 11.5. The average Bonchev–Trinajstić information content (AvgIpc) is 2.34. The second-order valence-corrected chi connectivity index (χ2v) is 6.41. The maximum Gasteiger partial charge on any atom is 0.242 e. The van der Waals surface area contributed by atoms with Gasteiger partial charge in [-0.15, -0.1) is 0 Å². The van der Waals surface area contributed by atoms with Crippen LogP contribution in [0.25, 0.3) is 0 Å². The van der Waals surface area contributed by atoms with Crippen LogP contribution in [0.4, 0.5) is 0 Å². The van der Waals surface area contributed by atoms with E-state index in [1.807, 2.05) is 19.9 Å². The molecule has 0 saturated carbocycles. The summed E-state index contributed by atoms with van der Waals surface area (Å²) >= 11 is 5.87. The van der Waals surface area contributed by atoms with E-state index in [1.165, 1.54) is 18.2 Å². The molecule has 1 aromatic rings. The van der Waals surface area contributed by atoms with Gasteiger partial charge in [-0.2, -0.15) is 5.26 Å². The van der Waals surface area contributed by atoms with Gasteiger partial charge in [-0.05, 0) is 18.2 Å². The third-order valence-corrected chi connectivity index (χ3v) is 4.26. The minimum atomic E-state index is -3.65. The Balaban J connectivity index is 2.75. The fourth-order valence-electron chi connectivity index (χ4n) is 1.41. The summed E-state index contributed by atoms with van der Waals surface area (Å²) in [7, 11) is -3.65. The summed E-state index contributed by atoms with van der Waals surface area (Å²) in [6.45, 7) is 4.76. The van der Waals surface area contributed by atoms with Gasteiger partial charge in [-0.3, -0.25) is 0 Å². The van der Waals surface area contributed by atoms with Crippen LogP contribution in [0.5, 0.6) is 0 Å². The van der Waals surface area contributed by atoms with Gasteiger partial charge in [0, 0.05) is 19.1 Å². The van der Waals surface area contributed by atoms with Crippen LogP contribution in [0.1, 0.15) is 19.4 Å². The Morgan fingerprint density at radius 3 is 2.58 bits per heavy atom. The second kappa shape index (κ2) is 6.87. The van der Waals surface area contributed by atoms with Gasteiger partial charge in [0.05, 0.1) is 16.7 Å². The van der Waals surface area contributed by atoms with E-state index in [0.717, 1.165) is 0 Å². The smallest absolute Gasteiger partial charge is 0.242 e. The molecule has 0 amide bonds. The van der Waals surface area contributed by atoms with Gasteiger partial charge < -0.3 is 5.32 Å². The predicted molar refractivity (Wildman–Crippen MR) is 74.5 cm³/mol. The minimum absolute atomic E-state index is 0.0160. The molecule has 0 bridgehead atoms. The standard InChI is InChI=1S/C12H16ClN3O2S/c1-9(2)15-5-6-16-19(17,18)12-4-3-10(8-14)7-11(12)13/h3-4,7,9,15-16H,5-6H2,1-2H3. The largest absolute Gasteiger partial charge is 0.313 e. The quantitative estimate of drug-likeness (QED) is 0.780. The fourth-order valence-corrected chi connectivity index (χ4v) is 2.99. The molecule has 0 radical (unpaired) electrons. The molecular formula is C12H16ClN3O2S. The van der Waals surface area contributed by atoms with Crippen molar-refractivity contribution in [2.24, 2.45) is 0 Å². The van der Waals surface area contributed by atoms with Crippen molar-refractivity contribution < 1.29 is 8.42 Å². The number of nitrogens with zero attached hydrogens (tertiary/aromatic N) is 1. The Kier molecular flexibility index (Phi) is 5.76. The molecule has 0 aliphatic rings. The van der Waals surface area contributed by atoms with Gasteiger partial charge in [0.2, 0.25) is 10.0 Å². The van der Waals surface area contributed by atoms with E-state index in [4.69, 9.17) is 16.9 Å². The highest BCUT2D eigenvalue weighted by Gasteiger charge is 2.17. The molecule has 0 aromatic heterocycles. The molecule has 1 aromatic carbocycles. The first-order valence-electron chi connectivity index (χ1n) is 5.79. The van der Waals surface area contributed by atoms with Gasteiger partial charge in [0.1, 0.15) is 4.90 Å². The van der Waals surface area contributed by atoms with E-state index in [-0.39, 0.29) is 16.5 Å². The van der Waals surface area contributed by atoms with E-state index in [0.29, 0.717) is 18.2 Å². The number of hydrogen-bond acceptors (Lipinski definition) is 4. The number of benzene rings is 1. The number of nitrogens with one attached hydrogen (secondary N) is 2. The highest BCUT2D eigenvalue weighted by Crippen LogP contribution is 2.22. The molecule has 19 heavy (non-hydrogen) atoms. The van der Waals surface area contributed by atoms with Gasteiger partial charge in [-0.1, -0.05) is 25.4 Å². The highest BCUT2D eigenvalue weighted by atomic mass is 35.5. The van der Waals surface area contributed by atoms with E-state index in [1.54, 1.807) is 0 Å². The molecule has 1 rings (SSSR count). The Bertz CT molecular complexity index is 579. The predicted octanol–water partition coefficient (Wildman–Crippen LogP) is 1.49. The molecule has 0 heterocycles. The Morgan fingerprint density at radius 1 is 1.37 bits per heavy atom. The van der Waals surface area contributed by atoms with Crippen molar-refractivity contribution in [1.82, 2.24) is 10.0 Å². The molecule has 0 aliphatic carbocycles. The van der Waals surface area contributed by atoms with Gasteiger partial charge >= 0.3 is 0 Å². The van der Waals surface area contributed by atoms with Crippen LogP contribution in [0.2, 0.25) is 5.02 Å². The van der Waals surface area contributed by atoms with Crippen molar-refractivity contribution in [2.45, 2.75) is 24.8 Å². The fraction of sp³-hybridized carbons (Fsp3) is 0.417. The molecule has 7 heteroatoms. The first kappa shape index (κ1) is 15.9. The Labute approximate surface area is 118 Å². The molecule has 0 atom stereocenters. The van der Waals surface area contributed by atoms with Crippen molar-refractivity contribution in [3.63, 3.8) is 0 Å².